The third-order valence-electron chi connectivity index (χ3n) is 5.21. The third-order valence-corrected chi connectivity index (χ3v) is 5.21. The molecule has 2 aromatic rings. The zero-order chi connectivity index (χ0) is 20.8. The van der Waals surface area contributed by atoms with Gasteiger partial charge in [0.05, 0.1) is 0 Å². The predicted octanol–water partition coefficient (Wildman–Crippen LogP) is 4.26. The first kappa shape index (κ1) is 20.4. The molecular formula is C22H23NO6. The van der Waals surface area contributed by atoms with Crippen LogP contribution in [0.2, 0.25) is 0 Å². The Kier molecular flexibility index (Phi) is 6.49. The largest absolute Gasteiger partial charge is 0.503 e. The van der Waals surface area contributed by atoms with Crippen molar-refractivity contribution in [2.24, 2.45) is 0 Å². The van der Waals surface area contributed by atoms with E-state index in [1.807, 2.05) is 24.3 Å². The second-order valence-corrected chi connectivity index (χ2v) is 7.07. The van der Waals surface area contributed by atoms with Crippen LogP contribution in [-0.2, 0) is 9.53 Å². The van der Waals surface area contributed by atoms with Crippen LogP contribution in [0.4, 0.5) is 9.59 Å². The first-order chi connectivity index (χ1) is 14.0. The van der Waals surface area contributed by atoms with Gasteiger partial charge in [0.15, 0.2) is 0 Å². The van der Waals surface area contributed by atoms with Gasteiger partial charge in [-0.05, 0) is 35.1 Å². The number of fused-ring (bicyclic) bond motifs is 3. The van der Waals surface area contributed by atoms with E-state index in [-0.39, 0.29) is 23.8 Å². The number of alkyl carbamates (subject to hydrolysis) is 1. The van der Waals surface area contributed by atoms with E-state index in [1.165, 1.54) is 22.3 Å². The lowest BCUT2D eigenvalue weighted by Gasteiger charge is -2.22. The highest BCUT2D eigenvalue weighted by molar-refractivity contribution is 5.80. The van der Waals surface area contributed by atoms with E-state index in [9.17, 15) is 9.59 Å². The Morgan fingerprint density at radius 3 is 1.93 bits per heavy atom. The number of carbonyl (C=O) groups excluding carboxylic acids is 2. The SMILES string of the molecule is O=C(O)O.O=C1CCC(NC(=O)OCC2c3ccccc3-c3ccccc32)CC1. The number of benzene rings is 2. The van der Waals surface area contributed by atoms with Gasteiger partial charge >= 0.3 is 12.2 Å². The van der Waals surface area contributed by atoms with Gasteiger partial charge in [0.25, 0.3) is 0 Å². The molecule has 0 spiro atoms. The van der Waals surface area contributed by atoms with Crippen molar-refractivity contribution in [3.63, 3.8) is 0 Å². The van der Waals surface area contributed by atoms with Gasteiger partial charge in [-0.25, -0.2) is 9.59 Å². The molecule has 0 saturated heterocycles. The molecule has 2 aromatic carbocycles. The summed E-state index contributed by atoms with van der Waals surface area (Å²) in [6.45, 7) is 0.325. The third kappa shape index (κ3) is 5.13. The summed E-state index contributed by atoms with van der Waals surface area (Å²) in [5.74, 6) is 0.358. The van der Waals surface area contributed by atoms with E-state index in [0.717, 1.165) is 0 Å². The second kappa shape index (κ2) is 9.23. The van der Waals surface area contributed by atoms with Crippen LogP contribution in [0.5, 0.6) is 0 Å². The van der Waals surface area contributed by atoms with Gasteiger partial charge in [0.1, 0.15) is 12.4 Å². The van der Waals surface area contributed by atoms with Crippen LogP contribution in [0.25, 0.3) is 11.1 Å². The van der Waals surface area contributed by atoms with Crippen LogP contribution in [0.15, 0.2) is 48.5 Å². The maximum absolute atomic E-state index is 12.2. The number of hydrogen-bond donors (Lipinski definition) is 3. The molecule has 7 nitrogen and oxygen atoms in total. The average molecular weight is 397 g/mol. The van der Waals surface area contributed by atoms with E-state index in [1.54, 1.807) is 0 Å². The fraction of sp³-hybridized carbons (Fsp3) is 0.318. The van der Waals surface area contributed by atoms with E-state index < -0.39 is 6.16 Å². The lowest BCUT2D eigenvalue weighted by atomic mass is 9.94. The lowest BCUT2D eigenvalue weighted by molar-refractivity contribution is -0.120. The van der Waals surface area contributed by atoms with Crippen molar-refractivity contribution in [3.05, 3.63) is 59.7 Å². The minimum absolute atomic E-state index is 0.0494. The van der Waals surface area contributed by atoms with Crippen LogP contribution in [0, 0.1) is 0 Å². The van der Waals surface area contributed by atoms with Crippen molar-refractivity contribution < 1.29 is 29.3 Å². The lowest BCUT2D eigenvalue weighted by Crippen LogP contribution is -2.38. The van der Waals surface area contributed by atoms with Gasteiger partial charge in [-0.1, -0.05) is 48.5 Å². The van der Waals surface area contributed by atoms with Crippen LogP contribution >= 0.6 is 0 Å². The fourth-order valence-corrected chi connectivity index (χ4v) is 3.89. The Morgan fingerprint density at radius 2 is 1.41 bits per heavy atom. The Balaban J connectivity index is 0.000000552. The molecule has 0 unspecified atom stereocenters. The normalized spacial score (nSPS) is 15.5. The van der Waals surface area contributed by atoms with Crippen molar-refractivity contribution >= 4 is 18.0 Å². The molecule has 0 aromatic heterocycles. The summed E-state index contributed by atoms with van der Waals surface area (Å²) in [7, 11) is 0. The highest BCUT2D eigenvalue weighted by Gasteiger charge is 2.29. The van der Waals surface area contributed by atoms with E-state index >= 15 is 0 Å². The van der Waals surface area contributed by atoms with Crippen molar-refractivity contribution in [2.45, 2.75) is 37.6 Å². The minimum atomic E-state index is -1.83. The molecule has 1 saturated carbocycles. The molecule has 2 aliphatic rings. The summed E-state index contributed by atoms with van der Waals surface area (Å²) in [6.07, 6.45) is 0.301. The molecule has 4 rings (SSSR count). The zero-order valence-corrected chi connectivity index (χ0v) is 15.8. The number of ether oxygens (including phenoxy) is 1. The van der Waals surface area contributed by atoms with Crippen molar-refractivity contribution in [1.82, 2.24) is 5.32 Å². The number of hydrogen-bond acceptors (Lipinski definition) is 4. The number of carbonyl (C=O) groups is 3. The van der Waals surface area contributed by atoms with E-state index in [0.29, 0.717) is 32.3 Å². The van der Waals surface area contributed by atoms with E-state index in [4.69, 9.17) is 19.7 Å². The monoisotopic (exact) mass is 397 g/mol. The average Bonchev–Trinajstić information content (AvgIpc) is 3.02. The molecule has 1 amide bonds. The standard InChI is InChI=1S/C21H21NO3.CH2O3/c23-15-11-9-14(10-12-15)22-21(24)25-13-20-18-7-3-1-5-16(18)17-6-2-4-8-19(17)20;2-1(3)4/h1-8,14,20H,9-13H2,(H,22,24);(H2,2,3,4). The molecular weight excluding hydrogens is 374 g/mol. The number of nitrogens with one attached hydrogen (secondary N) is 1. The Labute approximate surface area is 168 Å². The summed E-state index contributed by atoms with van der Waals surface area (Å²) >= 11 is 0. The van der Waals surface area contributed by atoms with Gasteiger partial charge in [-0.2, -0.15) is 0 Å². The van der Waals surface area contributed by atoms with E-state index in [2.05, 4.69) is 29.6 Å². The minimum Gasteiger partial charge on any atom is -0.450 e. The summed E-state index contributed by atoms with van der Waals surface area (Å²) in [5, 5.41) is 16.8. The van der Waals surface area contributed by atoms with Crippen LogP contribution in [0.1, 0.15) is 42.7 Å². The second-order valence-electron chi connectivity index (χ2n) is 7.07. The van der Waals surface area contributed by atoms with Crippen LogP contribution in [-0.4, -0.2) is 40.9 Å². The predicted molar refractivity (Wildman–Crippen MR) is 106 cm³/mol. The molecule has 0 atom stereocenters. The number of rotatable bonds is 3. The fourth-order valence-electron chi connectivity index (χ4n) is 3.89. The van der Waals surface area contributed by atoms with Gasteiger partial charge in [0.2, 0.25) is 0 Å². The van der Waals surface area contributed by atoms with Gasteiger partial charge in [-0.15, -0.1) is 0 Å². The molecule has 7 heteroatoms. The topological polar surface area (TPSA) is 113 Å². The zero-order valence-electron chi connectivity index (χ0n) is 15.8. The molecule has 2 aliphatic carbocycles. The number of carboxylic acid groups (broad SMARTS) is 2. The molecule has 0 heterocycles. The number of Topliss-reactive ketones (excluding diaryl/α,β-unsaturated/α-hetero) is 1. The van der Waals surface area contributed by atoms with Crippen LogP contribution in [0.3, 0.4) is 0 Å². The smallest absolute Gasteiger partial charge is 0.450 e. The molecule has 1 fully saturated rings. The number of ketones is 1. The van der Waals surface area contributed by atoms with Crippen molar-refractivity contribution in [3.8, 4) is 11.1 Å². The first-order valence-corrected chi connectivity index (χ1v) is 9.50. The molecule has 3 N–H and O–H groups in total. The molecule has 152 valence electrons. The highest BCUT2D eigenvalue weighted by atomic mass is 16.6. The molecule has 0 aliphatic heterocycles. The maximum atomic E-state index is 12.2. The van der Waals surface area contributed by atoms with Crippen molar-refractivity contribution in [1.29, 1.82) is 0 Å². The van der Waals surface area contributed by atoms with Crippen LogP contribution < -0.4 is 5.32 Å². The maximum Gasteiger partial charge on any atom is 0.503 e. The van der Waals surface area contributed by atoms with Crippen molar-refractivity contribution in [2.75, 3.05) is 6.61 Å². The quantitative estimate of drug-likeness (QED) is 0.713. The summed E-state index contributed by atoms with van der Waals surface area (Å²) in [6, 6.07) is 16.6. The molecule has 0 radical (unpaired) electrons. The van der Waals surface area contributed by atoms with Gasteiger partial charge in [-0.3, -0.25) is 4.79 Å². The highest BCUT2D eigenvalue weighted by Crippen LogP contribution is 2.44. The summed E-state index contributed by atoms with van der Waals surface area (Å²) in [4.78, 5) is 32.0. The Bertz CT molecular complexity index is 850. The molecule has 0 bridgehead atoms. The Hall–Kier alpha value is -3.35. The Morgan fingerprint density at radius 1 is 0.931 bits per heavy atom. The van der Waals surface area contributed by atoms with Gasteiger partial charge < -0.3 is 20.3 Å². The molecule has 29 heavy (non-hydrogen) atoms. The number of amides is 1. The first-order valence-electron chi connectivity index (χ1n) is 9.50. The van der Waals surface area contributed by atoms with Gasteiger partial charge in [0, 0.05) is 24.8 Å². The summed E-state index contributed by atoms with van der Waals surface area (Å²) in [5.41, 5.74) is 4.86. The summed E-state index contributed by atoms with van der Waals surface area (Å²) < 4.78 is 5.53.